The molecule has 2 rings (SSSR count). The molecule has 0 saturated heterocycles. The zero-order chi connectivity index (χ0) is 12.3. The van der Waals surface area contributed by atoms with Crippen LogP contribution in [0.25, 0.3) is 0 Å². The van der Waals surface area contributed by atoms with E-state index < -0.39 is 5.82 Å². The number of carbonyl (C=O) groups is 1. The molecule has 0 aliphatic rings. The van der Waals surface area contributed by atoms with E-state index in [1.54, 1.807) is 12.1 Å². The molecule has 0 spiro atoms. The number of rotatable bonds is 3. The topological polar surface area (TPSA) is 26.3 Å². The molecule has 0 unspecified atom stereocenters. The molecule has 0 fully saturated rings. The summed E-state index contributed by atoms with van der Waals surface area (Å²) in [5, 5.41) is 0. The van der Waals surface area contributed by atoms with Gasteiger partial charge >= 0.3 is 0 Å². The van der Waals surface area contributed by atoms with E-state index in [1.165, 1.54) is 12.1 Å². The van der Waals surface area contributed by atoms with Gasteiger partial charge in [0.2, 0.25) is 0 Å². The van der Waals surface area contributed by atoms with Crippen LogP contribution in [-0.2, 0) is 0 Å². The fourth-order valence-electron chi connectivity index (χ4n) is 1.51. The first-order chi connectivity index (χ1) is 8.22. The Hall–Kier alpha value is -2.16. The van der Waals surface area contributed by atoms with Gasteiger partial charge in [0.15, 0.2) is 6.29 Å². The standard InChI is InChI=1S/C14H11FO2/c1-10-5-2-3-7-13(10)17-14-8-4-6-12(15)11(14)9-16/h2-9H,1H3. The lowest BCUT2D eigenvalue weighted by atomic mass is 10.2. The third-order valence-corrected chi connectivity index (χ3v) is 2.44. The largest absolute Gasteiger partial charge is 0.456 e. The average molecular weight is 230 g/mol. The number of hydrogen-bond acceptors (Lipinski definition) is 2. The Kier molecular flexibility index (Phi) is 3.19. The van der Waals surface area contributed by atoms with Gasteiger partial charge in [-0.2, -0.15) is 0 Å². The molecule has 0 aliphatic carbocycles. The summed E-state index contributed by atoms with van der Waals surface area (Å²) in [5.41, 5.74) is 0.865. The first kappa shape index (κ1) is 11.3. The van der Waals surface area contributed by atoms with E-state index in [1.807, 2.05) is 25.1 Å². The quantitative estimate of drug-likeness (QED) is 0.751. The number of benzene rings is 2. The van der Waals surface area contributed by atoms with E-state index in [2.05, 4.69) is 0 Å². The van der Waals surface area contributed by atoms with Crippen molar-refractivity contribution in [2.45, 2.75) is 6.92 Å². The fraction of sp³-hybridized carbons (Fsp3) is 0.0714. The number of halogens is 1. The van der Waals surface area contributed by atoms with Gasteiger partial charge in [-0.3, -0.25) is 4.79 Å². The molecular weight excluding hydrogens is 219 g/mol. The molecule has 0 amide bonds. The van der Waals surface area contributed by atoms with Gasteiger partial charge in [-0.05, 0) is 30.7 Å². The molecule has 0 heterocycles. The van der Waals surface area contributed by atoms with Gasteiger partial charge in [0, 0.05) is 0 Å². The number of hydrogen-bond donors (Lipinski definition) is 0. The molecule has 0 aliphatic heterocycles. The summed E-state index contributed by atoms with van der Waals surface area (Å²) in [6, 6.07) is 11.7. The highest BCUT2D eigenvalue weighted by molar-refractivity contribution is 5.79. The molecule has 0 radical (unpaired) electrons. The lowest BCUT2D eigenvalue weighted by Crippen LogP contribution is -1.95. The Bertz CT molecular complexity index is 550. The number of aldehydes is 1. The summed E-state index contributed by atoms with van der Waals surface area (Å²) >= 11 is 0. The van der Waals surface area contributed by atoms with Crippen molar-refractivity contribution in [2.75, 3.05) is 0 Å². The van der Waals surface area contributed by atoms with Crippen LogP contribution in [0, 0.1) is 12.7 Å². The van der Waals surface area contributed by atoms with Crippen molar-refractivity contribution in [3.05, 3.63) is 59.4 Å². The molecule has 17 heavy (non-hydrogen) atoms. The molecule has 86 valence electrons. The summed E-state index contributed by atoms with van der Waals surface area (Å²) in [6.07, 6.45) is 0.461. The van der Waals surface area contributed by atoms with Gasteiger partial charge in [-0.1, -0.05) is 24.3 Å². The number of carbonyl (C=O) groups excluding carboxylic acids is 1. The molecule has 0 saturated carbocycles. The number of aryl methyl sites for hydroxylation is 1. The number of ether oxygens (including phenoxy) is 1. The minimum absolute atomic E-state index is 0.0595. The predicted octanol–water partition coefficient (Wildman–Crippen LogP) is 3.74. The van der Waals surface area contributed by atoms with Crippen LogP contribution in [0.3, 0.4) is 0 Å². The van der Waals surface area contributed by atoms with Crippen molar-refractivity contribution in [1.29, 1.82) is 0 Å². The normalized spacial score (nSPS) is 10.0. The van der Waals surface area contributed by atoms with E-state index in [0.717, 1.165) is 5.56 Å². The van der Waals surface area contributed by atoms with Crippen LogP contribution < -0.4 is 4.74 Å². The first-order valence-corrected chi connectivity index (χ1v) is 5.19. The van der Waals surface area contributed by atoms with Crippen molar-refractivity contribution < 1.29 is 13.9 Å². The highest BCUT2D eigenvalue weighted by atomic mass is 19.1. The second-order valence-electron chi connectivity index (χ2n) is 3.64. The van der Waals surface area contributed by atoms with Crippen LogP contribution in [-0.4, -0.2) is 6.29 Å². The predicted molar refractivity (Wildman–Crippen MR) is 63.0 cm³/mol. The Morgan fingerprint density at radius 3 is 2.47 bits per heavy atom. The van der Waals surface area contributed by atoms with Crippen molar-refractivity contribution in [2.24, 2.45) is 0 Å². The summed E-state index contributed by atoms with van der Waals surface area (Å²) < 4.78 is 18.9. The van der Waals surface area contributed by atoms with E-state index in [9.17, 15) is 9.18 Å². The van der Waals surface area contributed by atoms with Crippen molar-refractivity contribution in [1.82, 2.24) is 0 Å². The van der Waals surface area contributed by atoms with Crippen LogP contribution in [0.2, 0.25) is 0 Å². The van der Waals surface area contributed by atoms with Crippen molar-refractivity contribution >= 4 is 6.29 Å². The van der Waals surface area contributed by atoms with Gasteiger partial charge in [-0.25, -0.2) is 4.39 Å². The average Bonchev–Trinajstić information content (AvgIpc) is 2.32. The summed E-state index contributed by atoms with van der Waals surface area (Å²) in [5.74, 6) is 0.265. The molecule has 2 nitrogen and oxygen atoms in total. The molecular formula is C14H11FO2. The van der Waals surface area contributed by atoms with Crippen molar-refractivity contribution in [3.8, 4) is 11.5 Å². The van der Waals surface area contributed by atoms with E-state index in [4.69, 9.17) is 4.74 Å². The minimum atomic E-state index is -0.578. The van der Waals surface area contributed by atoms with E-state index >= 15 is 0 Å². The Labute approximate surface area is 98.7 Å². The molecule has 0 aromatic heterocycles. The molecule has 0 atom stereocenters. The summed E-state index contributed by atoms with van der Waals surface area (Å²) in [6.45, 7) is 1.88. The first-order valence-electron chi connectivity index (χ1n) is 5.19. The fourth-order valence-corrected chi connectivity index (χ4v) is 1.51. The lowest BCUT2D eigenvalue weighted by Gasteiger charge is -2.10. The zero-order valence-corrected chi connectivity index (χ0v) is 9.31. The summed E-state index contributed by atoms with van der Waals surface area (Å²) in [7, 11) is 0. The Balaban J connectivity index is 2.40. The molecule has 2 aromatic rings. The SMILES string of the molecule is Cc1ccccc1Oc1cccc(F)c1C=O. The van der Waals surface area contributed by atoms with Crippen LogP contribution in [0.5, 0.6) is 11.5 Å². The maximum Gasteiger partial charge on any atom is 0.156 e. The third kappa shape index (κ3) is 2.33. The zero-order valence-electron chi connectivity index (χ0n) is 9.31. The van der Waals surface area contributed by atoms with Gasteiger partial charge in [-0.15, -0.1) is 0 Å². The second kappa shape index (κ2) is 4.78. The second-order valence-corrected chi connectivity index (χ2v) is 3.64. The van der Waals surface area contributed by atoms with E-state index in [0.29, 0.717) is 12.0 Å². The van der Waals surface area contributed by atoms with Crippen LogP contribution in [0.4, 0.5) is 4.39 Å². The maximum absolute atomic E-state index is 13.3. The van der Waals surface area contributed by atoms with Gasteiger partial charge in [0.05, 0.1) is 5.56 Å². The minimum Gasteiger partial charge on any atom is -0.456 e. The molecule has 2 aromatic carbocycles. The molecule has 0 N–H and O–H groups in total. The van der Waals surface area contributed by atoms with Gasteiger partial charge in [0.25, 0.3) is 0 Å². The Morgan fingerprint density at radius 1 is 1.06 bits per heavy atom. The number of para-hydroxylation sites is 1. The molecule has 0 bridgehead atoms. The monoisotopic (exact) mass is 230 g/mol. The highest BCUT2D eigenvalue weighted by Crippen LogP contribution is 2.27. The maximum atomic E-state index is 13.3. The lowest BCUT2D eigenvalue weighted by molar-refractivity contribution is 0.111. The summed E-state index contributed by atoms with van der Waals surface area (Å²) in [4.78, 5) is 10.8. The van der Waals surface area contributed by atoms with Gasteiger partial charge < -0.3 is 4.74 Å². The highest BCUT2D eigenvalue weighted by Gasteiger charge is 2.10. The smallest absolute Gasteiger partial charge is 0.156 e. The van der Waals surface area contributed by atoms with Crippen molar-refractivity contribution in [3.63, 3.8) is 0 Å². The molecule has 3 heteroatoms. The van der Waals surface area contributed by atoms with Crippen LogP contribution in [0.15, 0.2) is 42.5 Å². The third-order valence-electron chi connectivity index (χ3n) is 2.44. The van der Waals surface area contributed by atoms with E-state index in [-0.39, 0.29) is 11.3 Å². The van der Waals surface area contributed by atoms with Gasteiger partial charge in [0.1, 0.15) is 17.3 Å². The van der Waals surface area contributed by atoms with Crippen LogP contribution >= 0.6 is 0 Å². The Morgan fingerprint density at radius 2 is 1.76 bits per heavy atom. The van der Waals surface area contributed by atoms with Crippen LogP contribution in [0.1, 0.15) is 15.9 Å².